The molecule has 0 saturated heterocycles. The van der Waals surface area contributed by atoms with Crippen LogP contribution in [0.1, 0.15) is 5.56 Å². The Morgan fingerprint density at radius 2 is 1.70 bits per heavy atom. The van der Waals surface area contributed by atoms with Crippen LogP contribution >= 0.6 is 0 Å². The second-order valence-electron chi connectivity index (χ2n) is 6.40. The van der Waals surface area contributed by atoms with Gasteiger partial charge >= 0.3 is 0 Å². The van der Waals surface area contributed by atoms with Gasteiger partial charge in [-0.1, -0.05) is 35.9 Å². The maximum Gasteiger partial charge on any atom is 0.281 e. The van der Waals surface area contributed by atoms with E-state index in [2.05, 4.69) is 9.97 Å². The van der Waals surface area contributed by atoms with Crippen LogP contribution < -0.4 is 5.73 Å². The molecule has 0 aliphatic rings. The summed E-state index contributed by atoms with van der Waals surface area (Å²) in [5.74, 6) is 0.270. The number of rotatable bonds is 2. The molecule has 5 rings (SSSR count). The lowest BCUT2D eigenvalue weighted by Crippen LogP contribution is -2.17. The third-order valence-electron chi connectivity index (χ3n) is 4.64. The molecule has 2 N–H and O–H groups in total. The minimum absolute atomic E-state index is 0.207. The predicted octanol–water partition coefficient (Wildman–Crippen LogP) is 2.96. The summed E-state index contributed by atoms with van der Waals surface area (Å²) in [4.78, 5) is 9.09. The lowest BCUT2D eigenvalue weighted by Gasteiger charge is -2.09. The average Bonchev–Trinajstić information content (AvgIpc) is 3.22. The maximum absolute atomic E-state index is 13.3. The number of para-hydroxylation sites is 1. The summed E-state index contributed by atoms with van der Waals surface area (Å²) in [6.07, 6.45) is 1.50. The van der Waals surface area contributed by atoms with Crippen LogP contribution in [0.4, 0.5) is 5.82 Å². The fourth-order valence-electron chi connectivity index (χ4n) is 3.31. The van der Waals surface area contributed by atoms with Gasteiger partial charge in [0, 0.05) is 17.6 Å². The van der Waals surface area contributed by atoms with E-state index in [1.165, 1.54) is 10.3 Å². The van der Waals surface area contributed by atoms with Crippen molar-refractivity contribution >= 4 is 43.4 Å². The van der Waals surface area contributed by atoms with E-state index in [4.69, 9.17) is 5.73 Å². The first-order chi connectivity index (χ1) is 13.0. The van der Waals surface area contributed by atoms with Crippen LogP contribution in [0.5, 0.6) is 0 Å². The number of benzene rings is 2. The number of nitrogens with two attached hydrogens (primary N) is 1. The van der Waals surface area contributed by atoms with Crippen molar-refractivity contribution in [2.24, 2.45) is 0 Å². The standard InChI is InChI=1S/C19H15N5O2S/c1-12-6-8-13(9-7-12)27(25,26)23-11-10-16-22-17-18(24(16)23)14-4-2-3-5-15(14)21-19(17)20/h2-11H,1H3,(H2,20,21). The first-order valence-electron chi connectivity index (χ1n) is 8.33. The Balaban J connectivity index is 1.92. The van der Waals surface area contributed by atoms with Gasteiger partial charge in [0.2, 0.25) is 0 Å². The highest BCUT2D eigenvalue weighted by atomic mass is 32.2. The first kappa shape index (κ1) is 15.8. The molecule has 7 nitrogen and oxygen atoms in total. The maximum atomic E-state index is 13.3. The molecule has 0 atom stereocenters. The predicted molar refractivity (Wildman–Crippen MR) is 104 cm³/mol. The lowest BCUT2D eigenvalue weighted by molar-refractivity contribution is 0.577. The smallest absolute Gasteiger partial charge is 0.281 e. The molecule has 0 unspecified atom stereocenters. The Bertz CT molecular complexity index is 1450. The number of imidazole rings is 1. The molecule has 0 saturated carbocycles. The Kier molecular flexibility index (Phi) is 3.11. The second-order valence-corrected chi connectivity index (χ2v) is 8.20. The molecule has 0 bridgehead atoms. The van der Waals surface area contributed by atoms with Gasteiger partial charge in [-0.3, -0.25) is 0 Å². The van der Waals surface area contributed by atoms with Crippen LogP contribution in [0.15, 0.2) is 65.7 Å². The van der Waals surface area contributed by atoms with E-state index in [1.807, 2.05) is 31.2 Å². The molecule has 27 heavy (non-hydrogen) atoms. The molecule has 0 aliphatic carbocycles. The number of aromatic nitrogens is 4. The highest BCUT2D eigenvalue weighted by molar-refractivity contribution is 7.89. The summed E-state index contributed by atoms with van der Waals surface area (Å²) in [6.45, 7) is 1.91. The van der Waals surface area contributed by atoms with Gasteiger partial charge in [0.05, 0.1) is 10.4 Å². The summed E-state index contributed by atoms with van der Waals surface area (Å²) in [7, 11) is -3.80. The van der Waals surface area contributed by atoms with Gasteiger partial charge in [0.1, 0.15) is 11.0 Å². The molecule has 0 fully saturated rings. The molecule has 0 radical (unpaired) electrons. The van der Waals surface area contributed by atoms with Gasteiger partial charge in [-0.25, -0.2) is 14.5 Å². The monoisotopic (exact) mass is 377 g/mol. The van der Waals surface area contributed by atoms with Crippen molar-refractivity contribution in [3.8, 4) is 0 Å². The van der Waals surface area contributed by atoms with Gasteiger partial charge in [-0.2, -0.15) is 12.5 Å². The van der Waals surface area contributed by atoms with Gasteiger partial charge in [-0.05, 0) is 25.1 Å². The normalized spacial score (nSPS) is 12.3. The number of aryl methyl sites for hydroxylation is 1. The minimum atomic E-state index is -3.80. The topological polar surface area (TPSA) is 95.3 Å². The summed E-state index contributed by atoms with van der Waals surface area (Å²) < 4.78 is 29.3. The number of nitrogen functional groups attached to an aromatic ring is 1. The highest BCUT2D eigenvalue weighted by Crippen LogP contribution is 2.30. The van der Waals surface area contributed by atoms with Crippen molar-refractivity contribution in [3.63, 3.8) is 0 Å². The molecule has 2 aromatic carbocycles. The summed E-state index contributed by atoms with van der Waals surface area (Å²) >= 11 is 0. The average molecular weight is 377 g/mol. The number of hydrogen-bond donors (Lipinski definition) is 1. The van der Waals surface area contributed by atoms with E-state index >= 15 is 0 Å². The van der Waals surface area contributed by atoms with Crippen LogP contribution in [0, 0.1) is 6.92 Å². The quantitative estimate of drug-likeness (QED) is 0.510. The van der Waals surface area contributed by atoms with Gasteiger partial charge in [0.15, 0.2) is 11.5 Å². The van der Waals surface area contributed by atoms with E-state index in [0.717, 1.165) is 10.9 Å². The second kappa shape index (κ2) is 5.31. The van der Waals surface area contributed by atoms with E-state index < -0.39 is 10.0 Å². The van der Waals surface area contributed by atoms with E-state index in [1.54, 1.807) is 34.8 Å². The molecule has 3 heterocycles. The number of fused-ring (bicyclic) bond motifs is 5. The summed E-state index contributed by atoms with van der Waals surface area (Å²) in [5.41, 5.74) is 9.36. The molecule has 5 aromatic rings. The Morgan fingerprint density at radius 1 is 0.963 bits per heavy atom. The van der Waals surface area contributed by atoms with Crippen molar-refractivity contribution in [1.29, 1.82) is 0 Å². The van der Waals surface area contributed by atoms with Crippen LogP contribution in [0.3, 0.4) is 0 Å². The zero-order chi connectivity index (χ0) is 18.8. The minimum Gasteiger partial charge on any atom is -0.382 e. The van der Waals surface area contributed by atoms with Gasteiger partial charge < -0.3 is 5.73 Å². The molecule has 134 valence electrons. The fourth-order valence-corrected chi connectivity index (χ4v) is 4.61. The van der Waals surface area contributed by atoms with Crippen molar-refractivity contribution in [2.45, 2.75) is 11.8 Å². The molecular formula is C19H15N5O2S. The summed E-state index contributed by atoms with van der Waals surface area (Å²) in [6, 6.07) is 15.9. The van der Waals surface area contributed by atoms with Crippen molar-refractivity contribution in [3.05, 3.63) is 66.4 Å². The Morgan fingerprint density at radius 3 is 2.48 bits per heavy atom. The van der Waals surface area contributed by atoms with E-state index in [9.17, 15) is 8.42 Å². The Hall–Kier alpha value is -3.39. The third-order valence-corrected chi connectivity index (χ3v) is 6.28. The SMILES string of the molecule is Cc1ccc(S(=O)(=O)n2ccc3nc4c(N)nc5ccccc5c4n32)cc1. The van der Waals surface area contributed by atoms with E-state index in [-0.39, 0.29) is 10.7 Å². The third kappa shape index (κ3) is 2.16. The van der Waals surface area contributed by atoms with Crippen molar-refractivity contribution in [2.75, 3.05) is 5.73 Å². The first-order valence-corrected chi connectivity index (χ1v) is 9.77. The van der Waals surface area contributed by atoms with Crippen LogP contribution in [-0.2, 0) is 10.0 Å². The van der Waals surface area contributed by atoms with E-state index in [0.29, 0.717) is 22.2 Å². The molecule has 0 aliphatic heterocycles. The van der Waals surface area contributed by atoms with Crippen molar-refractivity contribution in [1.82, 2.24) is 18.6 Å². The number of nitrogens with zero attached hydrogens (tertiary/aromatic N) is 4. The fraction of sp³-hybridized carbons (Fsp3) is 0.0526. The van der Waals surface area contributed by atoms with Crippen molar-refractivity contribution < 1.29 is 8.42 Å². The van der Waals surface area contributed by atoms with Crippen LogP contribution in [0.25, 0.3) is 27.6 Å². The van der Waals surface area contributed by atoms with Gasteiger partial charge in [-0.15, -0.1) is 0 Å². The van der Waals surface area contributed by atoms with Crippen LogP contribution in [-0.4, -0.2) is 27.0 Å². The van der Waals surface area contributed by atoms with Crippen LogP contribution in [0.2, 0.25) is 0 Å². The molecule has 0 spiro atoms. The lowest BCUT2D eigenvalue weighted by atomic mass is 10.2. The Labute approximate surface area is 154 Å². The molecule has 0 amide bonds. The number of pyridine rings is 1. The molecular weight excluding hydrogens is 362 g/mol. The largest absolute Gasteiger partial charge is 0.382 e. The zero-order valence-corrected chi connectivity index (χ0v) is 15.2. The van der Waals surface area contributed by atoms with Gasteiger partial charge in [0.25, 0.3) is 10.0 Å². The molecule has 8 heteroatoms. The number of hydrogen-bond acceptors (Lipinski definition) is 5. The molecule has 3 aromatic heterocycles. The summed E-state index contributed by atoms with van der Waals surface area (Å²) in [5, 5.41) is 0.785. The number of anilines is 1. The highest BCUT2D eigenvalue weighted by Gasteiger charge is 2.23. The zero-order valence-electron chi connectivity index (χ0n) is 14.4.